The van der Waals surface area contributed by atoms with Crippen LogP contribution in [-0.2, 0) is 11.6 Å². The number of alkyl halides is 3. The van der Waals surface area contributed by atoms with Gasteiger partial charge >= 0.3 is 6.18 Å². The molecule has 0 aliphatic heterocycles. The molecule has 0 bridgehead atoms. The molecule has 0 atom stereocenters. The highest BCUT2D eigenvalue weighted by molar-refractivity contribution is 7.99. The average molecular weight is 432 g/mol. The van der Waals surface area contributed by atoms with Crippen molar-refractivity contribution in [1.29, 1.82) is 0 Å². The molecule has 158 valence electrons. The number of nitrogens with zero attached hydrogens (tertiary/aromatic N) is 3. The minimum absolute atomic E-state index is 0.106. The molecule has 0 unspecified atom stereocenters. The summed E-state index contributed by atoms with van der Waals surface area (Å²) in [6, 6.07) is 16.8. The first kappa shape index (κ1) is 22.2. The van der Waals surface area contributed by atoms with E-state index in [-0.39, 0.29) is 16.4 Å². The van der Waals surface area contributed by atoms with Crippen molar-refractivity contribution in [2.45, 2.75) is 49.2 Å². The fourth-order valence-corrected chi connectivity index (χ4v) is 4.04. The number of hydrogen-bond donors (Lipinski definition) is 0. The summed E-state index contributed by atoms with van der Waals surface area (Å²) in [5.74, 6) is 0.251. The third-order valence-corrected chi connectivity index (χ3v) is 5.58. The highest BCUT2D eigenvalue weighted by atomic mass is 32.2. The molecule has 7 heteroatoms. The second-order valence-corrected chi connectivity index (χ2v) is 8.88. The first-order valence-corrected chi connectivity index (χ1v) is 10.5. The van der Waals surface area contributed by atoms with Gasteiger partial charge in [-0.05, 0) is 36.1 Å². The van der Waals surface area contributed by atoms with E-state index in [4.69, 9.17) is 0 Å². The smallest absolute Gasteiger partial charge is 0.310 e. The van der Waals surface area contributed by atoms with Crippen molar-refractivity contribution in [3.63, 3.8) is 0 Å². The number of halogens is 3. The van der Waals surface area contributed by atoms with Crippen LogP contribution in [0, 0.1) is 0 Å². The van der Waals surface area contributed by atoms with Crippen molar-refractivity contribution < 1.29 is 13.2 Å². The van der Waals surface area contributed by atoms with Gasteiger partial charge in [0.05, 0.1) is 0 Å². The summed E-state index contributed by atoms with van der Waals surface area (Å²) in [5.41, 5.74) is 0.994. The van der Waals surface area contributed by atoms with Gasteiger partial charge in [-0.2, -0.15) is 13.2 Å². The standard InChI is InChI=1S/C23H24F3N3S/c1-5-29(19-14-10-9-13-17(19)22(2,3)4)21-27-15-18(23(24,25)26)20(28-21)30-16-11-7-6-8-12-16/h6-15H,5H2,1-4H3. The van der Waals surface area contributed by atoms with Crippen LogP contribution in [0.15, 0.2) is 70.7 Å². The van der Waals surface area contributed by atoms with Crippen LogP contribution in [0.3, 0.4) is 0 Å². The summed E-state index contributed by atoms with van der Waals surface area (Å²) >= 11 is 0.990. The molecule has 0 aliphatic carbocycles. The normalized spacial score (nSPS) is 12.1. The Bertz CT molecular complexity index is 999. The lowest BCUT2D eigenvalue weighted by Gasteiger charge is -2.29. The molecular formula is C23H24F3N3S. The van der Waals surface area contributed by atoms with Crippen LogP contribution in [0.1, 0.15) is 38.8 Å². The van der Waals surface area contributed by atoms with Crippen LogP contribution in [0.5, 0.6) is 0 Å². The van der Waals surface area contributed by atoms with E-state index in [1.54, 1.807) is 24.3 Å². The fraction of sp³-hybridized carbons (Fsp3) is 0.304. The Kier molecular flexibility index (Phi) is 6.41. The zero-order chi connectivity index (χ0) is 21.9. The number of hydrogen-bond acceptors (Lipinski definition) is 4. The summed E-state index contributed by atoms with van der Waals surface area (Å²) in [7, 11) is 0. The molecule has 30 heavy (non-hydrogen) atoms. The Morgan fingerprint density at radius 2 is 1.53 bits per heavy atom. The quantitative estimate of drug-likeness (QED) is 0.403. The highest BCUT2D eigenvalue weighted by Crippen LogP contribution is 2.40. The molecule has 0 fully saturated rings. The average Bonchev–Trinajstić information content (AvgIpc) is 2.68. The molecule has 1 heterocycles. The number of benzene rings is 2. The van der Waals surface area contributed by atoms with Crippen LogP contribution in [0.4, 0.5) is 24.8 Å². The van der Waals surface area contributed by atoms with Gasteiger partial charge in [0.25, 0.3) is 0 Å². The number of aromatic nitrogens is 2. The van der Waals surface area contributed by atoms with Crippen molar-refractivity contribution in [2.24, 2.45) is 0 Å². The summed E-state index contributed by atoms with van der Waals surface area (Å²) < 4.78 is 40.8. The maximum absolute atomic E-state index is 13.6. The monoisotopic (exact) mass is 431 g/mol. The predicted octanol–water partition coefficient (Wildman–Crippen LogP) is 7.10. The second kappa shape index (κ2) is 8.68. The summed E-state index contributed by atoms with van der Waals surface area (Å²) in [4.78, 5) is 11.0. The van der Waals surface area contributed by atoms with Gasteiger partial charge in [-0.25, -0.2) is 9.97 Å². The summed E-state index contributed by atoms with van der Waals surface area (Å²) in [6.45, 7) is 8.76. The van der Waals surface area contributed by atoms with Crippen molar-refractivity contribution in [2.75, 3.05) is 11.4 Å². The minimum Gasteiger partial charge on any atom is -0.310 e. The first-order valence-electron chi connectivity index (χ1n) is 9.65. The molecule has 0 saturated carbocycles. The lowest BCUT2D eigenvalue weighted by molar-refractivity contribution is -0.140. The maximum Gasteiger partial charge on any atom is 0.420 e. The molecule has 3 nitrogen and oxygen atoms in total. The molecule has 0 radical (unpaired) electrons. The van der Waals surface area contributed by atoms with E-state index in [0.29, 0.717) is 11.4 Å². The van der Waals surface area contributed by atoms with Crippen molar-refractivity contribution >= 4 is 23.4 Å². The topological polar surface area (TPSA) is 29.0 Å². The van der Waals surface area contributed by atoms with Crippen LogP contribution in [-0.4, -0.2) is 16.5 Å². The van der Waals surface area contributed by atoms with Crippen molar-refractivity contribution in [1.82, 2.24) is 9.97 Å². The van der Waals surface area contributed by atoms with E-state index < -0.39 is 11.7 Å². The second-order valence-electron chi connectivity index (χ2n) is 7.81. The van der Waals surface area contributed by atoms with Gasteiger partial charge in [0.1, 0.15) is 10.6 Å². The van der Waals surface area contributed by atoms with Gasteiger partial charge in [0, 0.05) is 23.3 Å². The number of para-hydroxylation sites is 1. The summed E-state index contributed by atoms with van der Waals surface area (Å²) in [5, 5.41) is -0.106. The van der Waals surface area contributed by atoms with Gasteiger partial charge in [0.15, 0.2) is 0 Å². The van der Waals surface area contributed by atoms with Gasteiger partial charge in [-0.15, -0.1) is 0 Å². The third-order valence-electron chi connectivity index (χ3n) is 4.56. The van der Waals surface area contributed by atoms with Gasteiger partial charge in [-0.3, -0.25) is 0 Å². The molecule has 0 spiro atoms. The number of anilines is 2. The lowest BCUT2D eigenvalue weighted by Crippen LogP contribution is -2.24. The SMILES string of the molecule is CCN(c1ncc(C(F)(F)F)c(Sc2ccccc2)n1)c1ccccc1C(C)(C)C. The molecule has 0 N–H and O–H groups in total. The van der Waals surface area contributed by atoms with Gasteiger partial charge in [-0.1, -0.05) is 68.9 Å². The molecule has 0 amide bonds. The minimum atomic E-state index is -4.53. The van der Waals surface area contributed by atoms with Gasteiger partial charge in [0.2, 0.25) is 5.95 Å². The van der Waals surface area contributed by atoms with E-state index in [1.165, 1.54) is 0 Å². The third kappa shape index (κ3) is 4.95. The number of rotatable bonds is 5. The van der Waals surface area contributed by atoms with Crippen molar-refractivity contribution in [3.05, 3.63) is 71.9 Å². The molecule has 1 aromatic heterocycles. The largest absolute Gasteiger partial charge is 0.420 e. The van der Waals surface area contributed by atoms with Crippen LogP contribution in [0.25, 0.3) is 0 Å². The zero-order valence-corrected chi connectivity index (χ0v) is 18.2. The van der Waals surface area contributed by atoms with E-state index in [2.05, 4.69) is 30.7 Å². The fourth-order valence-electron chi connectivity index (χ4n) is 3.12. The highest BCUT2D eigenvalue weighted by Gasteiger charge is 2.36. The van der Waals surface area contributed by atoms with E-state index >= 15 is 0 Å². The van der Waals surface area contributed by atoms with Crippen LogP contribution < -0.4 is 4.90 Å². The predicted molar refractivity (Wildman–Crippen MR) is 115 cm³/mol. The van der Waals surface area contributed by atoms with Crippen LogP contribution >= 0.6 is 11.8 Å². The van der Waals surface area contributed by atoms with Crippen molar-refractivity contribution in [3.8, 4) is 0 Å². The lowest BCUT2D eigenvalue weighted by atomic mass is 9.85. The van der Waals surface area contributed by atoms with E-state index in [0.717, 1.165) is 29.2 Å². The Hall–Kier alpha value is -2.54. The summed E-state index contributed by atoms with van der Waals surface area (Å²) in [6.07, 6.45) is -3.65. The Morgan fingerprint density at radius 3 is 2.13 bits per heavy atom. The first-order chi connectivity index (χ1) is 14.1. The Morgan fingerprint density at radius 1 is 0.900 bits per heavy atom. The van der Waals surface area contributed by atoms with E-state index in [9.17, 15) is 13.2 Å². The van der Waals surface area contributed by atoms with Crippen LogP contribution in [0.2, 0.25) is 0 Å². The van der Waals surface area contributed by atoms with E-state index in [1.807, 2.05) is 42.2 Å². The molecule has 2 aromatic carbocycles. The Labute approximate surface area is 179 Å². The maximum atomic E-state index is 13.6. The van der Waals surface area contributed by atoms with Gasteiger partial charge < -0.3 is 4.90 Å². The molecule has 0 saturated heterocycles. The molecular weight excluding hydrogens is 407 g/mol. The molecule has 3 rings (SSSR count). The molecule has 0 aliphatic rings. The zero-order valence-electron chi connectivity index (χ0n) is 17.4. The Balaban J connectivity index is 2.11. The molecule has 3 aromatic rings.